The Kier molecular flexibility index (Phi) is 5.58. The van der Waals surface area contributed by atoms with Crippen molar-refractivity contribution >= 4 is 28.1 Å². The predicted molar refractivity (Wildman–Crippen MR) is 126 cm³/mol. The lowest BCUT2D eigenvalue weighted by atomic mass is 9.96. The highest BCUT2D eigenvalue weighted by molar-refractivity contribution is 6.31. The molecule has 30 heavy (non-hydrogen) atoms. The number of hydrogen-bond acceptors (Lipinski definition) is 2. The van der Waals surface area contributed by atoms with Crippen LogP contribution in [0.2, 0.25) is 5.02 Å². The van der Waals surface area contributed by atoms with Gasteiger partial charge in [-0.2, -0.15) is 0 Å². The zero-order valence-corrected chi connectivity index (χ0v) is 18.3. The van der Waals surface area contributed by atoms with Crippen LogP contribution in [0.25, 0.3) is 16.5 Å². The Bertz CT molecular complexity index is 1080. The molecule has 2 heterocycles. The SMILES string of the molecule is CCCOc1cccc2c1CCC2CN1CC=C(c2c[nH]c3cc(Cl)ccc23)CC1. The molecule has 3 aromatic rings. The van der Waals surface area contributed by atoms with Crippen molar-refractivity contribution in [3.8, 4) is 5.75 Å². The first-order chi connectivity index (χ1) is 14.7. The maximum absolute atomic E-state index is 6.14. The van der Waals surface area contributed by atoms with Crippen molar-refractivity contribution in [3.63, 3.8) is 0 Å². The smallest absolute Gasteiger partial charge is 0.122 e. The van der Waals surface area contributed by atoms with Gasteiger partial charge in [0.25, 0.3) is 0 Å². The number of rotatable bonds is 6. The van der Waals surface area contributed by atoms with Crippen LogP contribution in [0.5, 0.6) is 5.75 Å². The van der Waals surface area contributed by atoms with Gasteiger partial charge in [0.15, 0.2) is 0 Å². The molecule has 4 heteroatoms. The molecule has 0 bridgehead atoms. The quantitative estimate of drug-likeness (QED) is 0.497. The van der Waals surface area contributed by atoms with Crippen LogP contribution in [0.3, 0.4) is 0 Å². The molecule has 2 aromatic carbocycles. The Morgan fingerprint density at radius 2 is 2.13 bits per heavy atom. The lowest BCUT2D eigenvalue weighted by Gasteiger charge is -2.29. The number of nitrogens with zero attached hydrogens (tertiary/aromatic N) is 1. The fourth-order valence-electron chi connectivity index (χ4n) is 5.04. The molecule has 1 unspecified atom stereocenters. The Labute approximate surface area is 183 Å². The maximum Gasteiger partial charge on any atom is 0.122 e. The summed E-state index contributed by atoms with van der Waals surface area (Å²) in [6, 6.07) is 12.7. The van der Waals surface area contributed by atoms with Crippen molar-refractivity contribution in [1.29, 1.82) is 0 Å². The van der Waals surface area contributed by atoms with Gasteiger partial charge in [-0.05, 0) is 66.5 Å². The summed E-state index contributed by atoms with van der Waals surface area (Å²) in [5.74, 6) is 1.73. The third-order valence-corrected chi connectivity index (χ3v) is 6.81. The van der Waals surface area contributed by atoms with Crippen LogP contribution in [0.15, 0.2) is 48.7 Å². The van der Waals surface area contributed by atoms with Gasteiger partial charge < -0.3 is 9.72 Å². The molecule has 0 saturated heterocycles. The number of ether oxygens (including phenoxy) is 1. The highest BCUT2D eigenvalue weighted by Crippen LogP contribution is 2.39. The van der Waals surface area contributed by atoms with Crippen molar-refractivity contribution in [2.45, 2.75) is 38.5 Å². The van der Waals surface area contributed by atoms with Gasteiger partial charge in [-0.3, -0.25) is 4.90 Å². The van der Waals surface area contributed by atoms with Crippen LogP contribution in [0.1, 0.15) is 48.8 Å². The van der Waals surface area contributed by atoms with Crippen molar-refractivity contribution in [2.24, 2.45) is 0 Å². The van der Waals surface area contributed by atoms with Gasteiger partial charge in [-0.25, -0.2) is 0 Å². The number of benzene rings is 2. The van der Waals surface area contributed by atoms with Crippen LogP contribution in [0.4, 0.5) is 0 Å². The summed E-state index contributed by atoms with van der Waals surface area (Å²) >= 11 is 6.14. The number of fused-ring (bicyclic) bond motifs is 2. The maximum atomic E-state index is 6.14. The molecule has 0 saturated carbocycles. The minimum atomic E-state index is 0.621. The molecule has 1 aliphatic carbocycles. The zero-order valence-electron chi connectivity index (χ0n) is 17.6. The van der Waals surface area contributed by atoms with Crippen LogP contribution in [-0.4, -0.2) is 36.1 Å². The molecule has 0 fully saturated rings. The Morgan fingerprint density at radius 1 is 1.20 bits per heavy atom. The van der Waals surface area contributed by atoms with E-state index in [0.29, 0.717) is 5.92 Å². The normalized spacial score (nSPS) is 19.1. The molecular formula is C26H29ClN2O. The minimum Gasteiger partial charge on any atom is -0.493 e. The summed E-state index contributed by atoms with van der Waals surface area (Å²) in [4.78, 5) is 5.98. The van der Waals surface area contributed by atoms with E-state index in [1.54, 1.807) is 0 Å². The molecule has 1 N–H and O–H groups in total. The standard InChI is InChI=1S/C26H29ClN2O/c1-2-14-30-26-5-3-4-21-19(6-8-23(21)26)17-29-12-10-18(11-13-29)24-16-28-25-15-20(27)7-9-22(24)25/h3-5,7,9-10,15-16,19,28H,2,6,8,11-14,17H2,1H3. The van der Waals surface area contributed by atoms with Gasteiger partial charge in [0.2, 0.25) is 0 Å². The number of aromatic nitrogens is 1. The van der Waals surface area contributed by atoms with E-state index in [9.17, 15) is 0 Å². The topological polar surface area (TPSA) is 28.3 Å². The van der Waals surface area contributed by atoms with Crippen molar-refractivity contribution in [1.82, 2.24) is 9.88 Å². The van der Waals surface area contributed by atoms with Gasteiger partial charge in [-0.1, -0.05) is 42.8 Å². The molecular weight excluding hydrogens is 392 g/mol. The van der Waals surface area contributed by atoms with E-state index in [0.717, 1.165) is 61.8 Å². The van der Waals surface area contributed by atoms with Crippen molar-refractivity contribution < 1.29 is 4.74 Å². The van der Waals surface area contributed by atoms with Gasteiger partial charge >= 0.3 is 0 Å². The van der Waals surface area contributed by atoms with Crippen LogP contribution < -0.4 is 4.74 Å². The highest BCUT2D eigenvalue weighted by atomic mass is 35.5. The van der Waals surface area contributed by atoms with Gasteiger partial charge in [-0.15, -0.1) is 0 Å². The van der Waals surface area contributed by atoms with Crippen LogP contribution in [-0.2, 0) is 6.42 Å². The largest absolute Gasteiger partial charge is 0.493 e. The number of nitrogens with one attached hydrogen (secondary N) is 1. The van der Waals surface area contributed by atoms with E-state index >= 15 is 0 Å². The fourth-order valence-corrected chi connectivity index (χ4v) is 5.21. The van der Waals surface area contributed by atoms with Gasteiger partial charge in [0.1, 0.15) is 5.75 Å². The summed E-state index contributed by atoms with van der Waals surface area (Å²) < 4.78 is 6.00. The Hall–Kier alpha value is -2.23. The Balaban J connectivity index is 1.28. The number of halogens is 1. The third-order valence-electron chi connectivity index (χ3n) is 6.58. The molecule has 5 rings (SSSR count). The number of H-pyrrole nitrogens is 1. The summed E-state index contributed by atoms with van der Waals surface area (Å²) in [6.45, 7) is 6.24. The van der Waals surface area contributed by atoms with E-state index in [4.69, 9.17) is 16.3 Å². The van der Waals surface area contributed by atoms with Crippen molar-refractivity contribution in [2.75, 3.05) is 26.2 Å². The molecule has 2 aliphatic rings. The lowest BCUT2D eigenvalue weighted by molar-refractivity contribution is 0.281. The summed E-state index contributed by atoms with van der Waals surface area (Å²) in [5.41, 5.74) is 6.84. The molecule has 1 aromatic heterocycles. The zero-order chi connectivity index (χ0) is 20.5. The summed E-state index contributed by atoms with van der Waals surface area (Å²) in [7, 11) is 0. The predicted octanol–water partition coefficient (Wildman–Crippen LogP) is 6.43. The first-order valence-corrected chi connectivity index (χ1v) is 11.5. The molecule has 1 atom stereocenters. The second kappa shape index (κ2) is 8.49. The van der Waals surface area contributed by atoms with E-state index in [2.05, 4.69) is 53.3 Å². The molecule has 0 spiro atoms. The molecule has 1 aliphatic heterocycles. The summed E-state index contributed by atoms with van der Waals surface area (Å²) in [5, 5.41) is 2.04. The average molecular weight is 421 g/mol. The molecule has 156 valence electrons. The second-order valence-corrected chi connectivity index (χ2v) is 8.98. The third kappa shape index (κ3) is 3.77. The van der Waals surface area contributed by atoms with E-state index in [-0.39, 0.29) is 0 Å². The lowest BCUT2D eigenvalue weighted by Crippen LogP contribution is -2.32. The fraction of sp³-hybridized carbons (Fsp3) is 0.385. The average Bonchev–Trinajstić information content (AvgIpc) is 3.37. The van der Waals surface area contributed by atoms with E-state index in [1.807, 2.05) is 12.1 Å². The minimum absolute atomic E-state index is 0.621. The molecule has 0 radical (unpaired) electrons. The number of aromatic amines is 1. The summed E-state index contributed by atoms with van der Waals surface area (Å²) in [6.07, 6.45) is 9.07. The van der Waals surface area contributed by atoms with Crippen LogP contribution in [0, 0.1) is 0 Å². The van der Waals surface area contributed by atoms with Gasteiger partial charge in [0, 0.05) is 47.3 Å². The monoisotopic (exact) mass is 420 g/mol. The highest BCUT2D eigenvalue weighted by Gasteiger charge is 2.27. The van der Waals surface area contributed by atoms with E-state index in [1.165, 1.54) is 34.1 Å². The van der Waals surface area contributed by atoms with Crippen LogP contribution >= 0.6 is 11.6 Å². The van der Waals surface area contributed by atoms with Crippen molar-refractivity contribution in [3.05, 3.63) is 70.4 Å². The number of hydrogen-bond donors (Lipinski definition) is 1. The first-order valence-electron chi connectivity index (χ1n) is 11.2. The Morgan fingerprint density at radius 3 is 2.97 bits per heavy atom. The second-order valence-electron chi connectivity index (χ2n) is 8.54. The van der Waals surface area contributed by atoms with E-state index < -0.39 is 0 Å². The van der Waals surface area contributed by atoms with Gasteiger partial charge in [0.05, 0.1) is 6.61 Å². The first kappa shape index (κ1) is 19.7. The molecule has 3 nitrogen and oxygen atoms in total. The molecule has 0 amide bonds.